The third-order valence-electron chi connectivity index (χ3n) is 9.85. The van der Waals surface area contributed by atoms with Gasteiger partial charge in [0.2, 0.25) is 0 Å². The van der Waals surface area contributed by atoms with E-state index in [0.717, 1.165) is 0 Å². The first-order valence-electron chi connectivity index (χ1n) is 20.4. The molecule has 0 fully saturated rings. The van der Waals surface area contributed by atoms with Gasteiger partial charge in [-0.3, -0.25) is 0 Å². The highest BCUT2D eigenvalue weighted by atomic mass is 15.1. The number of rotatable bonds is 35. The summed E-state index contributed by atoms with van der Waals surface area (Å²) in [6, 6.07) is 0. The molecule has 0 aliphatic rings. The van der Waals surface area contributed by atoms with Crippen LogP contribution in [-0.4, -0.2) is 4.57 Å². The maximum atomic E-state index is 2.63. The zero-order valence-electron chi connectivity index (χ0n) is 30.3. The van der Waals surface area contributed by atoms with E-state index >= 15 is 0 Å². The van der Waals surface area contributed by atoms with Gasteiger partial charge < -0.3 is 0 Å². The van der Waals surface area contributed by atoms with Gasteiger partial charge in [0.25, 0.3) is 5.82 Å². The molecule has 0 atom stereocenters. The second-order valence-electron chi connectivity index (χ2n) is 14.1. The van der Waals surface area contributed by atoms with Gasteiger partial charge in [0.15, 0.2) is 0 Å². The summed E-state index contributed by atoms with van der Waals surface area (Å²) in [4.78, 5) is 0. The number of aryl methyl sites for hydroxylation is 2. The van der Waals surface area contributed by atoms with Crippen LogP contribution in [0.1, 0.15) is 232 Å². The predicted molar refractivity (Wildman–Crippen MR) is 193 cm³/mol. The Morgan fingerprint density at radius 3 is 1.12 bits per heavy atom. The average Bonchev–Trinajstić information content (AvgIpc) is 3.40. The van der Waals surface area contributed by atoms with E-state index in [9.17, 15) is 0 Å². The van der Waals surface area contributed by atoms with Crippen LogP contribution in [-0.2, 0) is 19.5 Å². The predicted octanol–water partition coefficient (Wildman–Crippen LogP) is 13.9. The van der Waals surface area contributed by atoms with Crippen molar-refractivity contribution in [3.63, 3.8) is 0 Å². The van der Waals surface area contributed by atoms with E-state index in [-0.39, 0.29) is 0 Å². The molecular formula is C41H81N2+. The summed E-state index contributed by atoms with van der Waals surface area (Å²) < 4.78 is 5.25. The molecule has 0 spiro atoms. The monoisotopic (exact) mass is 602 g/mol. The van der Waals surface area contributed by atoms with Gasteiger partial charge in [0.05, 0.1) is 13.1 Å². The van der Waals surface area contributed by atoms with Crippen molar-refractivity contribution in [1.82, 2.24) is 4.57 Å². The van der Waals surface area contributed by atoms with Crippen molar-refractivity contribution in [2.24, 2.45) is 0 Å². The van der Waals surface area contributed by atoms with Crippen LogP contribution in [0.2, 0.25) is 0 Å². The first kappa shape index (κ1) is 40.2. The minimum absolute atomic E-state index is 1.23. The van der Waals surface area contributed by atoms with Gasteiger partial charge in [-0.25, -0.2) is 9.13 Å². The molecule has 1 rings (SSSR count). The summed E-state index contributed by atoms with van der Waals surface area (Å²) >= 11 is 0. The zero-order chi connectivity index (χ0) is 30.9. The number of unbranched alkanes of at least 4 members (excludes halogenated alkanes) is 29. The molecule has 0 amide bonds. The SMILES string of the molecule is CCCCCCCCCCCCCCCCCC[n+]1ccn(CCCCCCCCCCCCC)c1CCCCCCC. The largest absolute Gasteiger partial charge is 0.256 e. The minimum atomic E-state index is 1.23. The van der Waals surface area contributed by atoms with Gasteiger partial charge in [-0.1, -0.05) is 194 Å². The molecule has 2 nitrogen and oxygen atoms in total. The second-order valence-corrected chi connectivity index (χ2v) is 14.1. The number of nitrogens with zero attached hydrogens (tertiary/aromatic N) is 2. The Bertz CT molecular complexity index is 663. The molecule has 1 heterocycles. The molecule has 0 aliphatic carbocycles. The smallest absolute Gasteiger partial charge is 0.234 e. The molecule has 0 unspecified atom stereocenters. The first-order valence-corrected chi connectivity index (χ1v) is 20.4. The van der Waals surface area contributed by atoms with E-state index < -0.39 is 0 Å². The van der Waals surface area contributed by atoms with E-state index in [1.807, 2.05) is 0 Å². The van der Waals surface area contributed by atoms with Gasteiger partial charge >= 0.3 is 0 Å². The number of hydrogen-bond acceptors (Lipinski definition) is 0. The number of imidazole rings is 1. The second kappa shape index (κ2) is 32.6. The maximum Gasteiger partial charge on any atom is 0.256 e. The molecule has 0 bridgehead atoms. The summed E-state index contributed by atoms with van der Waals surface area (Å²) in [7, 11) is 0. The lowest BCUT2D eigenvalue weighted by Gasteiger charge is -2.07. The van der Waals surface area contributed by atoms with Crippen molar-refractivity contribution in [3.05, 3.63) is 18.2 Å². The van der Waals surface area contributed by atoms with Crippen molar-refractivity contribution < 1.29 is 4.57 Å². The van der Waals surface area contributed by atoms with Crippen molar-refractivity contribution in [1.29, 1.82) is 0 Å². The van der Waals surface area contributed by atoms with E-state index in [0.29, 0.717) is 0 Å². The van der Waals surface area contributed by atoms with Crippen LogP contribution >= 0.6 is 0 Å². The molecule has 0 radical (unpaired) electrons. The van der Waals surface area contributed by atoms with E-state index in [2.05, 4.69) is 42.3 Å². The van der Waals surface area contributed by atoms with Crippen LogP contribution in [0, 0.1) is 0 Å². The summed E-state index contributed by atoms with van der Waals surface area (Å²) in [5.74, 6) is 1.62. The Balaban J connectivity index is 2.17. The molecule has 0 saturated carbocycles. The highest BCUT2D eigenvalue weighted by Crippen LogP contribution is 2.15. The number of hydrogen-bond donors (Lipinski definition) is 0. The highest BCUT2D eigenvalue weighted by molar-refractivity contribution is 4.84. The van der Waals surface area contributed by atoms with Crippen molar-refractivity contribution in [2.75, 3.05) is 0 Å². The van der Waals surface area contributed by atoms with Gasteiger partial charge in [0, 0.05) is 6.42 Å². The quantitative estimate of drug-likeness (QED) is 0.0540. The normalized spacial score (nSPS) is 11.6. The van der Waals surface area contributed by atoms with Gasteiger partial charge in [0.1, 0.15) is 12.4 Å². The lowest BCUT2D eigenvalue weighted by molar-refractivity contribution is -0.704. The van der Waals surface area contributed by atoms with Crippen molar-refractivity contribution in [2.45, 2.75) is 246 Å². The van der Waals surface area contributed by atoms with E-state index in [4.69, 9.17) is 0 Å². The lowest BCUT2D eigenvalue weighted by Crippen LogP contribution is -2.37. The molecule has 254 valence electrons. The van der Waals surface area contributed by atoms with Crippen molar-refractivity contribution in [3.8, 4) is 0 Å². The Morgan fingerprint density at radius 1 is 0.395 bits per heavy atom. The highest BCUT2D eigenvalue weighted by Gasteiger charge is 2.16. The van der Waals surface area contributed by atoms with Gasteiger partial charge in [-0.2, -0.15) is 0 Å². The average molecular weight is 602 g/mol. The fourth-order valence-electron chi connectivity index (χ4n) is 6.86. The standard InChI is InChI=1S/C41H81N2/c1-4-7-10-13-15-17-19-20-21-22-23-25-27-29-32-35-38-43-40-39-42(41(43)36-33-30-12-9-6-3)37-34-31-28-26-24-18-16-14-11-8-5-2/h39-40H,4-38H2,1-3H3/q+1. The van der Waals surface area contributed by atoms with Crippen LogP contribution in [0.3, 0.4) is 0 Å². The molecule has 1 aromatic heterocycles. The number of aromatic nitrogens is 2. The van der Waals surface area contributed by atoms with Crippen LogP contribution < -0.4 is 4.57 Å². The molecule has 1 aromatic rings. The Labute approximate surface area is 272 Å². The summed E-state index contributed by atoms with van der Waals surface area (Å²) in [6.45, 7) is 9.41. The third kappa shape index (κ3) is 25.1. The summed E-state index contributed by atoms with van der Waals surface area (Å²) in [5, 5.41) is 0. The minimum Gasteiger partial charge on any atom is -0.234 e. The molecule has 2 heteroatoms. The molecule has 43 heavy (non-hydrogen) atoms. The van der Waals surface area contributed by atoms with Crippen LogP contribution in [0.4, 0.5) is 0 Å². The molecule has 0 aliphatic heterocycles. The van der Waals surface area contributed by atoms with Crippen molar-refractivity contribution >= 4 is 0 Å². The molecule has 0 aromatic carbocycles. The van der Waals surface area contributed by atoms with Gasteiger partial charge in [-0.15, -0.1) is 0 Å². The molecule has 0 N–H and O–H groups in total. The topological polar surface area (TPSA) is 8.81 Å². The molecule has 0 saturated heterocycles. The van der Waals surface area contributed by atoms with Gasteiger partial charge in [-0.05, 0) is 32.1 Å². The third-order valence-corrected chi connectivity index (χ3v) is 9.85. The fraction of sp³-hybridized carbons (Fsp3) is 0.927. The lowest BCUT2D eigenvalue weighted by atomic mass is 10.0. The summed E-state index contributed by atoms with van der Waals surface area (Å²) in [6.07, 6.45) is 51.9. The van der Waals surface area contributed by atoms with Crippen LogP contribution in [0.25, 0.3) is 0 Å². The Hall–Kier alpha value is -0.790. The Kier molecular flexibility index (Phi) is 30.5. The van der Waals surface area contributed by atoms with Crippen LogP contribution in [0.5, 0.6) is 0 Å². The van der Waals surface area contributed by atoms with E-state index in [1.54, 1.807) is 5.82 Å². The fourth-order valence-corrected chi connectivity index (χ4v) is 6.86. The first-order chi connectivity index (χ1) is 21.3. The summed E-state index contributed by atoms with van der Waals surface area (Å²) in [5.41, 5.74) is 0. The maximum absolute atomic E-state index is 2.63. The molecular weight excluding hydrogens is 520 g/mol. The van der Waals surface area contributed by atoms with E-state index in [1.165, 1.54) is 225 Å². The Morgan fingerprint density at radius 2 is 0.721 bits per heavy atom. The van der Waals surface area contributed by atoms with Crippen LogP contribution in [0.15, 0.2) is 12.4 Å². The zero-order valence-corrected chi connectivity index (χ0v) is 30.3.